The van der Waals surface area contributed by atoms with Crippen molar-refractivity contribution in [3.05, 3.63) is 57.8 Å². The Balaban J connectivity index is 1.64. The lowest BCUT2D eigenvalue weighted by molar-refractivity contribution is -0.139. The van der Waals surface area contributed by atoms with E-state index in [4.69, 9.17) is 9.73 Å². The average Bonchev–Trinajstić information content (AvgIpc) is 3.20. The van der Waals surface area contributed by atoms with Crippen molar-refractivity contribution in [3.63, 3.8) is 0 Å². The molecule has 3 heterocycles. The topological polar surface area (TPSA) is 65.5 Å². The lowest BCUT2D eigenvalue weighted by Gasteiger charge is -2.38. The number of hydrogen-bond acceptors (Lipinski definition) is 7. The number of rotatable bonds is 6. The second kappa shape index (κ2) is 10.4. The van der Waals surface area contributed by atoms with E-state index in [9.17, 15) is 9.59 Å². The number of esters is 1. The maximum Gasteiger partial charge on any atom is 0.338 e. The highest BCUT2D eigenvalue weighted by molar-refractivity contribution is 8.16. The minimum absolute atomic E-state index is 0.0927. The largest absolute Gasteiger partial charge is 0.463 e. The predicted octanol–water partition coefficient (Wildman–Crippen LogP) is 4.08. The molecule has 0 radical (unpaired) electrons. The summed E-state index contributed by atoms with van der Waals surface area (Å²) in [7, 11) is 4.04. The van der Waals surface area contributed by atoms with E-state index in [1.165, 1.54) is 11.8 Å². The molecule has 3 aliphatic heterocycles. The zero-order valence-electron chi connectivity index (χ0n) is 20.7. The van der Waals surface area contributed by atoms with Crippen LogP contribution < -0.4 is 0 Å². The van der Waals surface area contributed by atoms with Gasteiger partial charge >= 0.3 is 5.97 Å². The number of fused-ring (bicyclic) bond motifs is 1. The quantitative estimate of drug-likeness (QED) is 0.570. The van der Waals surface area contributed by atoms with Crippen molar-refractivity contribution in [1.29, 1.82) is 0 Å². The molecule has 7 nitrogen and oxygen atoms in total. The van der Waals surface area contributed by atoms with E-state index in [-0.39, 0.29) is 30.4 Å². The molecule has 3 aliphatic rings. The van der Waals surface area contributed by atoms with Crippen LogP contribution in [0.25, 0.3) is 0 Å². The van der Waals surface area contributed by atoms with Gasteiger partial charge in [0, 0.05) is 18.8 Å². The van der Waals surface area contributed by atoms with Gasteiger partial charge in [0.1, 0.15) is 0 Å². The first-order valence-corrected chi connectivity index (χ1v) is 12.8. The molecule has 1 aromatic carbocycles. The number of thioether (sulfide) groups is 1. The minimum atomic E-state index is -0.379. The van der Waals surface area contributed by atoms with E-state index in [0.29, 0.717) is 17.9 Å². The van der Waals surface area contributed by atoms with Crippen LogP contribution in [0.15, 0.2) is 51.6 Å². The first kappa shape index (κ1) is 24.5. The fourth-order valence-corrected chi connectivity index (χ4v) is 5.86. The summed E-state index contributed by atoms with van der Waals surface area (Å²) in [5.74, 6) is -0.266. The van der Waals surface area contributed by atoms with Crippen LogP contribution in [-0.4, -0.2) is 71.6 Å². The zero-order chi connectivity index (χ0) is 24.4. The molecule has 4 rings (SSSR count). The van der Waals surface area contributed by atoms with Gasteiger partial charge in [0.2, 0.25) is 5.91 Å². The SMILES string of the molecule is CCOC(=O)C1=C(C)N=C2SC=C(CC(=O)N(C)C3CCN(C)CC3)N2C1c1ccccc1C. The first-order chi connectivity index (χ1) is 16.3. The van der Waals surface area contributed by atoms with Crippen molar-refractivity contribution >= 4 is 28.8 Å². The highest BCUT2D eigenvalue weighted by Gasteiger charge is 2.42. The molecule has 1 atom stereocenters. The standard InChI is InChI=1S/C26H34N4O3S/c1-6-33-25(32)23-18(3)27-26-30(24(23)21-10-8-7-9-17(21)2)20(16-34-26)15-22(31)29(5)19-11-13-28(4)14-12-19/h7-10,16,19,24H,6,11-15H2,1-5H3. The molecular weight excluding hydrogens is 448 g/mol. The third-order valence-corrected chi connectivity index (χ3v) is 7.83. The Morgan fingerprint density at radius 1 is 1.21 bits per heavy atom. The molecule has 0 saturated carbocycles. The predicted molar refractivity (Wildman–Crippen MR) is 136 cm³/mol. The van der Waals surface area contributed by atoms with Crippen molar-refractivity contribution in [3.8, 4) is 0 Å². The molecule has 0 aliphatic carbocycles. The maximum atomic E-state index is 13.3. The Labute approximate surface area is 206 Å². The molecule has 34 heavy (non-hydrogen) atoms. The van der Waals surface area contributed by atoms with Crippen LogP contribution in [0.1, 0.15) is 50.3 Å². The Kier molecular flexibility index (Phi) is 7.48. The number of hydrogen-bond donors (Lipinski definition) is 0. The van der Waals surface area contributed by atoms with E-state index in [2.05, 4.69) is 16.8 Å². The van der Waals surface area contributed by atoms with Crippen LogP contribution in [0.4, 0.5) is 0 Å². The number of aliphatic imine (C=N–C) groups is 1. The van der Waals surface area contributed by atoms with Crippen LogP contribution in [0.3, 0.4) is 0 Å². The number of benzene rings is 1. The minimum Gasteiger partial charge on any atom is -0.463 e. The summed E-state index contributed by atoms with van der Waals surface area (Å²) in [6.45, 7) is 8.02. The Morgan fingerprint density at radius 2 is 1.91 bits per heavy atom. The lowest BCUT2D eigenvalue weighted by atomic mass is 9.91. The molecule has 1 amide bonds. The molecule has 8 heteroatoms. The fraction of sp³-hybridized carbons (Fsp3) is 0.500. The van der Waals surface area contributed by atoms with Gasteiger partial charge in [0.15, 0.2) is 5.17 Å². The fourth-order valence-electron chi connectivity index (χ4n) is 4.89. The monoisotopic (exact) mass is 482 g/mol. The lowest BCUT2D eigenvalue weighted by Crippen LogP contribution is -2.45. The van der Waals surface area contributed by atoms with Crippen LogP contribution in [0, 0.1) is 6.92 Å². The molecular formula is C26H34N4O3S. The maximum absolute atomic E-state index is 13.3. The number of nitrogens with zero attached hydrogens (tertiary/aromatic N) is 4. The Hall–Kier alpha value is -2.58. The van der Waals surface area contributed by atoms with Crippen LogP contribution in [-0.2, 0) is 14.3 Å². The number of piperidine rings is 1. The molecule has 1 unspecified atom stereocenters. The van der Waals surface area contributed by atoms with Gasteiger partial charge in [0.25, 0.3) is 0 Å². The van der Waals surface area contributed by atoms with Crippen molar-refractivity contribution in [2.24, 2.45) is 4.99 Å². The number of carbonyl (C=O) groups excluding carboxylic acids is 2. The number of amides is 1. The van der Waals surface area contributed by atoms with E-state index in [1.54, 1.807) is 0 Å². The molecule has 0 spiro atoms. The summed E-state index contributed by atoms with van der Waals surface area (Å²) in [6.07, 6.45) is 2.25. The third-order valence-electron chi connectivity index (χ3n) is 6.94. The van der Waals surface area contributed by atoms with E-state index >= 15 is 0 Å². The van der Waals surface area contributed by atoms with Crippen molar-refractivity contribution in [2.75, 3.05) is 33.8 Å². The summed E-state index contributed by atoms with van der Waals surface area (Å²) in [4.78, 5) is 37.4. The smallest absolute Gasteiger partial charge is 0.338 e. The number of likely N-dealkylation sites (tertiary alicyclic amines) is 1. The third kappa shape index (κ3) is 4.79. The molecule has 0 aromatic heterocycles. The number of carbonyl (C=O) groups is 2. The molecule has 0 bridgehead atoms. The highest BCUT2D eigenvalue weighted by Crippen LogP contribution is 2.45. The molecule has 1 saturated heterocycles. The summed E-state index contributed by atoms with van der Waals surface area (Å²) < 4.78 is 5.44. The van der Waals surface area contributed by atoms with Crippen molar-refractivity contribution in [1.82, 2.24) is 14.7 Å². The second-order valence-corrected chi connectivity index (χ2v) is 10.0. The molecule has 1 aromatic rings. The van der Waals surface area contributed by atoms with Crippen LogP contribution in [0.5, 0.6) is 0 Å². The average molecular weight is 483 g/mol. The van der Waals surface area contributed by atoms with E-state index in [0.717, 1.165) is 47.9 Å². The van der Waals surface area contributed by atoms with Gasteiger partial charge in [-0.05, 0) is 70.3 Å². The molecule has 182 valence electrons. The van der Waals surface area contributed by atoms with E-state index < -0.39 is 0 Å². The van der Waals surface area contributed by atoms with E-state index in [1.807, 2.05) is 62.4 Å². The Morgan fingerprint density at radius 3 is 2.59 bits per heavy atom. The second-order valence-electron chi connectivity index (χ2n) is 9.19. The van der Waals surface area contributed by atoms with Gasteiger partial charge in [-0.2, -0.15) is 0 Å². The van der Waals surface area contributed by atoms with Gasteiger partial charge in [-0.15, -0.1) is 0 Å². The summed E-state index contributed by atoms with van der Waals surface area (Å²) in [5, 5.41) is 2.80. The normalized spacial score (nSPS) is 21.2. The highest BCUT2D eigenvalue weighted by atomic mass is 32.2. The van der Waals surface area contributed by atoms with Crippen LogP contribution in [0.2, 0.25) is 0 Å². The Bertz CT molecular complexity index is 1060. The van der Waals surface area contributed by atoms with Gasteiger partial charge in [0.05, 0.1) is 30.3 Å². The molecule has 0 N–H and O–H groups in total. The summed E-state index contributed by atoms with van der Waals surface area (Å²) >= 11 is 1.51. The number of aryl methyl sites for hydroxylation is 1. The van der Waals surface area contributed by atoms with Gasteiger partial charge in [-0.1, -0.05) is 36.0 Å². The first-order valence-electron chi connectivity index (χ1n) is 11.9. The zero-order valence-corrected chi connectivity index (χ0v) is 21.5. The number of amidine groups is 1. The van der Waals surface area contributed by atoms with Crippen molar-refractivity contribution < 1.29 is 14.3 Å². The van der Waals surface area contributed by atoms with Crippen molar-refractivity contribution in [2.45, 2.75) is 52.1 Å². The van der Waals surface area contributed by atoms with Crippen LogP contribution >= 0.6 is 11.8 Å². The number of allylic oxidation sites excluding steroid dienone is 1. The van der Waals surface area contributed by atoms with Gasteiger partial charge in [-0.3, -0.25) is 4.79 Å². The summed E-state index contributed by atoms with van der Waals surface area (Å²) in [5.41, 5.74) is 4.16. The van der Waals surface area contributed by atoms with Gasteiger partial charge in [-0.25, -0.2) is 9.79 Å². The molecule has 1 fully saturated rings. The summed E-state index contributed by atoms with van der Waals surface area (Å²) in [6, 6.07) is 7.95. The van der Waals surface area contributed by atoms with Gasteiger partial charge < -0.3 is 19.4 Å². The number of ether oxygens (including phenoxy) is 1.